The number of rotatable bonds is 7. The van der Waals surface area contributed by atoms with Crippen molar-refractivity contribution in [3.05, 3.63) is 70.8 Å². The Kier molecular flexibility index (Phi) is 6.87. The number of aliphatic hydroxyl groups is 1. The van der Waals surface area contributed by atoms with Gasteiger partial charge in [0.05, 0.1) is 18.6 Å². The van der Waals surface area contributed by atoms with Gasteiger partial charge in [-0.3, -0.25) is 9.69 Å². The topological polar surface area (TPSA) is 43.8 Å². The largest absolute Gasteiger partial charge is 0.392 e. The van der Waals surface area contributed by atoms with Crippen molar-refractivity contribution in [1.29, 1.82) is 0 Å². The molecule has 0 unspecified atom stereocenters. The highest BCUT2D eigenvalue weighted by molar-refractivity contribution is 5.79. The summed E-state index contributed by atoms with van der Waals surface area (Å²) in [5.74, 6) is 0.121. The lowest BCUT2D eigenvalue weighted by molar-refractivity contribution is -0.131. The van der Waals surface area contributed by atoms with E-state index in [0.717, 1.165) is 31.5 Å². The van der Waals surface area contributed by atoms with Gasteiger partial charge >= 0.3 is 0 Å². The second-order valence-corrected chi connectivity index (χ2v) is 7.98. The third-order valence-electron chi connectivity index (χ3n) is 5.76. The number of likely N-dealkylation sites (tertiary alicyclic amines) is 1. The molecule has 1 N–H and O–H groups in total. The highest BCUT2D eigenvalue weighted by atomic mass is 16.3. The maximum absolute atomic E-state index is 13.1. The van der Waals surface area contributed by atoms with Crippen LogP contribution >= 0.6 is 0 Å². The average molecular weight is 381 g/mol. The minimum Gasteiger partial charge on any atom is -0.392 e. The van der Waals surface area contributed by atoms with Crippen LogP contribution in [0.3, 0.4) is 0 Å². The van der Waals surface area contributed by atoms with Gasteiger partial charge in [-0.25, -0.2) is 0 Å². The molecule has 0 spiro atoms. The van der Waals surface area contributed by atoms with Gasteiger partial charge in [0.1, 0.15) is 0 Å². The van der Waals surface area contributed by atoms with Crippen molar-refractivity contribution in [2.24, 2.45) is 0 Å². The van der Waals surface area contributed by atoms with Crippen LogP contribution in [0.5, 0.6) is 0 Å². The van der Waals surface area contributed by atoms with E-state index in [1.54, 1.807) is 0 Å². The summed E-state index contributed by atoms with van der Waals surface area (Å²) in [7, 11) is 1.91. The minimum absolute atomic E-state index is 0.0188. The molecule has 0 radical (unpaired) electrons. The van der Waals surface area contributed by atoms with E-state index in [2.05, 4.69) is 55.1 Å². The summed E-state index contributed by atoms with van der Waals surface area (Å²) < 4.78 is 0. The maximum Gasteiger partial charge on any atom is 0.227 e. The molecule has 2 aromatic rings. The number of hydrogen-bond donors (Lipinski definition) is 1. The Morgan fingerprint density at radius 2 is 1.96 bits per heavy atom. The fraction of sp³-hybridized carbons (Fsp3) is 0.458. The molecular weight excluding hydrogens is 348 g/mol. The van der Waals surface area contributed by atoms with E-state index in [4.69, 9.17) is 0 Å². The molecule has 4 nitrogen and oxygen atoms in total. The lowest BCUT2D eigenvalue weighted by atomic mass is 10.00. The van der Waals surface area contributed by atoms with E-state index >= 15 is 0 Å². The zero-order chi connectivity index (χ0) is 20.1. The summed E-state index contributed by atoms with van der Waals surface area (Å²) in [6, 6.07) is 16.7. The van der Waals surface area contributed by atoms with E-state index < -0.39 is 0 Å². The van der Waals surface area contributed by atoms with E-state index in [-0.39, 0.29) is 18.1 Å². The number of nitrogens with zero attached hydrogens (tertiary/aromatic N) is 2. The third-order valence-corrected chi connectivity index (χ3v) is 5.76. The molecular formula is C24H32N2O2. The predicted octanol–water partition coefficient (Wildman–Crippen LogP) is 3.37. The quantitative estimate of drug-likeness (QED) is 0.801. The van der Waals surface area contributed by atoms with Gasteiger partial charge in [0.15, 0.2) is 0 Å². The van der Waals surface area contributed by atoms with E-state index in [1.807, 2.05) is 24.1 Å². The number of amides is 1. The summed E-state index contributed by atoms with van der Waals surface area (Å²) in [5.41, 5.74) is 4.69. The Bertz CT molecular complexity index is 787. The standard InChI is InChI=1S/C24H32N2O2/c1-4-19-6-5-7-21(14-19)23(17-26-13-12-22(27)16-26)25(3)24(28)15-20-10-8-18(2)9-11-20/h5-11,14,22-23,27H,4,12-13,15-17H2,1-3H3/t22-,23+/m0/s1. The second-order valence-electron chi connectivity index (χ2n) is 7.98. The first-order valence-electron chi connectivity index (χ1n) is 10.3. The fourth-order valence-corrected chi connectivity index (χ4v) is 3.87. The van der Waals surface area contributed by atoms with Crippen LogP contribution in [-0.4, -0.2) is 53.6 Å². The lowest BCUT2D eigenvalue weighted by Crippen LogP contribution is -2.39. The SMILES string of the molecule is CCc1cccc([C@@H](CN2CC[C@H](O)C2)N(C)C(=O)Cc2ccc(C)cc2)c1. The van der Waals surface area contributed by atoms with Crippen molar-refractivity contribution in [3.63, 3.8) is 0 Å². The first-order chi connectivity index (χ1) is 13.5. The Morgan fingerprint density at radius 3 is 2.61 bits per heavy atom. The van der Waals surface area contributed by atoms with E-state index in [9.17, 15) is 9.90 Å². The van der Waals surface area contributed by atoms with E-state index in [1.165, 1.54) is 16.7 Å². The molecule has 0 saturated carbocycles. The molecule has 4 heteroatoms. The Morgan fingerprint density at radius 1 is 1.21 bits per heavy atom. The first-order valence-corrected chi connectivity index (χ1v) is 10.3. The molecule has 150 valence electrons. The second kappa shape index (κ2) is 9.35. The van der Waals surface area contributed by atoms with Crippen LogP contribution in [-0.2, 0) is 17.6 Å². The van der Waals surface area contributed by atoms with Crippen molar-refractivity contribution < 1.29 is 9.90 Å². The summed E-state index contributed by atoms with van der Waals surface area (Å²) >= 11 is 0. The minimum atomic E-state index is -0.254. The molecule has 0 bridgehead atoms. The Hall–Kier alpha value is -2.17. The van der Waals surface area contributed by atoms with Crippen LogP contribution in [0.2, 0.25) is 0 Å². The van der Waals surface area contributed by atoms with Crippen LogP contribution in [0.1, 0.15) is 41.6 Å². The Balaban J connectivity index is 1.79. The molecule has 1 saturated heterocycles. The summed E-state index contributed by atoms with van der Waals surface area (Å²) in [6.45, 7) is 6.52. The van der Waals surface area contributed by atoms with Crippen molar-refractivity contribution in [3.8, 4) is 0 Å². The molecule has 0 aliphatic carbocycles. The third kappa shape index (κ3) is 5.21. The average Bonchev–Trinajstić information content (AvgIpc) is 3.12. The van der Waals surface area contributed by atoms with E-state index in [0.29, 0.717) is 13.0 Å². The zero-order valence-electron chi connectivity index (χ0n) is 17.3. The van der Waals surface area contributed by atoms with Gasteiger partial charge < -0.3 is 10.0 Å². The smallest absolute Gasteiger partial charge is 0.227 e. The van der Waals surface area contributed by atoms with Crippen LogP contribution in [0, 0.1) is 6.92 Å². The maximum atomic E-state index is 13.1. The number of carbonyl (C=O) groups is 1. The molecule has 1 fully saturated rings. The highest BCUT2D eigenvalue weighted by Gasteiger charge is 2.28. The molecule has 28 heavy (non-hydrogen) atoms. The van der Waals surface area contributed by atoms with Crippen molar-refractivity contribution in [2.45, 2.75) is 45.3 Å². The molecule has 1 aliphatic heterocycles. The first kappa shape index (κ1) is 20.6. The molecule has 1 aliphatic rings. The summed E-state index contributed by atoms with van der Waals surface area (Å²) in [6.07, 6.45) is 1.94. The fourth-order valence-electron chi connectivity index (χ4n) is 3.87. The Labute approximate surface area is 168 Å². The number of β-amino-alcohol motifs (C(OH)–C–C–N with tert-alkyl or cyclic N) is 1. The predicted molar refractivity (Wildman–Crippen MR) is 113 cm³/mol. The number of carbonyl (C=O) groups excluding carboxylic acids is 1. The van der Waals surface area contributed by atoms with Gasteiger partial charge in [0, 0.05) is 26.7 Å². The van der Waals surface area contributed by atoms with Crippen LogP contribution in [0.15, 0.2) is 48.5 Å². The lowest BCUT2D eigenvalue weighted by Gasteiger charge is -2.32. The number of benzene rings is 2. The zero-order valence-corrected chi connectivity index (χ0v) is 17.3. The van der Waals surface area contributed by atoms with Crippen LogP contribution < -0.4 is 0 Å². The molecule has 3 rings (SSSR count). The number of aliphatic hydroxyl groups excluding tert-OH is 1. The van der Waals surface area contributed by atoms with Crippen molar-refractivity contribution in [1.82, 2.24) is 9.80 Å². The van der Waals surface area contributed by atoms with Gasteiger partial charge in [0.2, 0.25) is 5.91 Å². The van der Waals surface area contributed by atoms with Gasteiger partial charge in [-0.15, -0.1) is 0 Å². The molecule has 2 atom stereocenters. The highest BCUT2D eigenvalue weighted by Crippen LogP contribution is 2.25. The van der Waals surface area contributed by atoms with Gasteiger partial charge in [-0.2, -0.15) is 0 Å². The molecule has 2 aromatic carbocycles. The van der Waals surface area contributed by atoms with Gasteiger partial charge in [-0.05, 0) is 36.5 Å². The van der Waals surface area contributed by atoms with Crippen LogP contribution in [0.25, 0.3) is 0 Å². The summed E-state index contributed by atoms with van der Waals surface area (Å²) in [4.78, 5) is 17.2. The van der Waals surface area contributed by atoms with Crippen molar-refractivity contribution in [2.75, 3.05) is 26.7 Å². The monoisotopic (exact) mass is 380 g/mol. The molecule has 1 heterocycles. The summed E-state index contributed by atoms with van der Waals surface area (Å²) in [5, 5.41) is 9.91. The van der Waals surface area contributed by atoms with Crippen molar-refractivity contribution >= 4 is 5.91 Å². The molecule has 0 aromatic heterocycles. The number of hydrogen-bond acceptors (Lipinski definition) is 3. The van der Waals surface area contributed by atoms with Gasteiger partial charge in [-0.1, -0.05) is 61.0 Å². The number of likely N-dealkylation sites (N-methyl/N-ethyl adjacent to an activating group) is 1. The van der Waals surface area contributed by atoms with Crippen LogP contribution in [0.4, 0.5) is 0 Å². The van der Waals surface area contributed by atoms with Gasteiger partial charge in [0.25, 0.3) is 0 Å². The normalized spacial score (nSPS) is 18.2. The molecule has 1 amide bonds. The number of aryl methyl sites for hydroxylation is 2.